The van der Waals surface area contributed by atoms with Crippen LogP contribution >= 0.6 is 0 Å². The summed E-state index contributed by atoms with van der Waals surface area (Å²) in [5.74, 6) is -1.38. The summed E-state index contributed by atoms with van der Waals surface area (Å²) in [6, 6.07) is 16.2. The van der Waals surface area contributed by atoms with E-state index in [0.29, 0.717) is 39.4 Å². The van der Waals surface area contributed by atoms with Crippen molar-refractivity contribution in [1.82, 2.24) is 19.7 Å². The van der Waals surface area contributed by atoms with E-state index in [-0.39, 0.29) is 24.5 Å². The van der Waals surface area contributed by atoms with E-state index in [1.165, 1.54) is 26.4 Å². The number of benzene rings is 3. The summed E-state index contributed by atoms with van der Waals surface area (Å²) < 4.78 is 33.7. The predicted molar refractivity (Wildman–Crippen MR) is 155 cm³/mol. The molecular weight excluding hydrogens is 541 g/mol. The summed E-state index contributed by atoms with van der Waals surface area (Å²) >= 11 is 0. The average molecular weight is 570 g/mol. The molecule has 11 heteroatoms. The number of hydrogen-bond donors (Lipinski definition) is 1. The fraction of sp³-hybridized carbons (Fsp3) is 0.194. The molecule has 42 heavy (non-hydrogen) atoms. The molecule has 0 radical (unpaired) electrons. The van der Waals surface area contributed by atoms with Crippen molar-refractivity contribution in [2.75, 3.05) is 25.6 Å². The highest BCUT2D eigenvalue weighted by atomic mass is 19.1. The molecule has 0 unspecified atom stereocenters. The van der Waals surface area contributed by atoms with Gasteiger partial charge >= 0.3 is 11.9 Å². The molecule has 1 N–H and O–H groups in total. The van der Waals surface area contributed by atoms with Gasteiger partial charge in [0.25, 0.3) is 0 Å². The summed E-state index contributed by atoms with van der Waals surface area (Å²) in [4.78, 5) is 32.4. The Balaban J connectivity index is 1.76. The molecule has 0 bridgehead atoms. The number of nitrogens with zero attached hydrogens (tertiary/aromatic N) is 4. The molecule has 5 rings (SSSR count). The maximum absolute atomic E-state index is 16.1. The minimum Gasteiger partial charge on any atom is -0.486 e. The average Bonchev–Trinajstić information content (AvgIpc) is 3.30. The number of rotatable bonds is 9. The molecule has 2 heterocycles. The number of aryl methyl sites for hydroxylation is 2. The second-order valence-electron chi connectivity index (χ2n) is 9.35. The molecule has 0 aliphatic carbocycles. The number of aromatic nitrogens is 4. The number of carbonyl (C=O) groups excluding carboxylic acids is 2. The Morgan fingerprint density at radius 1 is 1.00 bits per heavy atom. The van der Waals surface area contributed by atoms with Crippen molar-refractivity contribution in [3.63, 3.8) is 0 Å². The maximum atomic E-state index is 16.1. The van der Waals surface area contributed by atoms with E-state index in [0.717, 1.165) is 11.3 Å². The monoisotopic (exact) mass is 569 g/mol. The molecule has 3 aromatic carbocycles. The zero-order valence-electron chi connectivity index (χ0n) is 23.5. The van der Waals surface area contributed by atoms with Crippen LogP contribution < -0.4 is 10.1 Å². The van der Waals surface area contributed by atoms with Gasteiger partial charge in [0.1, 0.15) is 24.5 Å². The molecule has 2 aromatic heterocycles. The van der Waals surface area contributed by atoms with E-state index in [4.69, 9.17) is 19.3 Å². The van der Waals surface area contributed by atoms with Crippen molar-refractivity contribution in [3.05, 3.63) is 89.6 Å². The van der Waals surface area contributed by atoms with Gasteiger partial charge in [-0.05, 0) is 43.7 Å². The van der Waals surface area contributed by atoms with Crippen molar-refractivity contribution in [2.45, 2.75) is 20.8 Å². The molecule has 0 saturated carbocycles. The molecular formula is C31H28FN5O5. The molecule has 0 aliphatic heterocycles. The molecule has 0 fully saturated rings. The first kappa shape index (κ1) is 28.2. The fourth-order valence-corrected chi connectivity index (χ4v) is 4.66. The first-order chi connectivity index (χ1) is 20.3. The van der Waals surface area contributed by atoms with Gasteiger partial charge in [-0.15, -0.1) is 0 Å². The molecule has 0 amide bonds. The van der Waals surface area contributed by atoms with Gasteiger partial charge in [0, 0.05) is 24.9 Å². The second kappa shape index (κ2) is 12.0. The van der Waals surface area contributed by atoms with E-state index < -0.39 is 17.8 Å². The highest BCUT2D eigenvalue weighted by Crippen LogP contribution is 2.43. The van der Waals surface area contributed by atoms with Gasteiger partial charge in [0.2, 0.25) is 0 Å². The van der Waals surface area contributed by atoms with Crippen LogP contribution in [0.15, 0.2) is 67.0 Å². The van der Waals surface area contributed by atoms with Crippen LogP contribution in [0, 0.1) is 19.7 Å². The third-order valence-corrected chi connectivity index (χ3v) is 6.55. The quantitative estimate of drug-likeness (QED) is 0.176. The SMILES string of the molecule is COC(=O)c1ccccc1Nc1c(-c2cc3nccnc3c(F)c2OCCOC(C)=O)c(C)nn1-c1ccccc1C. The summed E-state index contributed by atoms with van der Waals surface area (Å²) in [7, 11) is 1.31. The number of nitrogens with one attached hydrogen (secondary N) is 1. The van der Waals surface area contributed by atoms with E-state index in [2.05, 4.69) is 15.3 Å². The van der Waals surface area contributed by atoms with Crippen LogP contribution in [0.25, 0.3) is 27.8 Å². The first-order valence-electron chi connectivity index (χ1n) is 13.1. The van der Waals surface area contributed by atoms with Gasteiger partial charge in [-0.3, -0.25) is 9.78 Å². The second-order valence-corrected chi connectivity index (χ2v) is 9.35. The Labute approximate surface area is 241 Å². The molecule has 0 atom stereocenters. The van der Waals surface area contributed by atoms with Crippen LogP contribution in [-0.4, -0.2) is 52.0 Å². The lowest BCUT2D eigenvalue weighted by Crippen LogP contribution is -2.12. The topological polar surface area (TPSA) is 117 Å². The standard InChI is InChI=1S/C31H28FN5O5/c1-18-9-5-8-12-25(18)37-30(35-23-11-7-6-10-21(23)31(39)40-4)26(19(2)36-37)22-17-24-28(34-14-13-33-24)27(32)29(22)42-16-15-41-20(3)38/h5-14,17,35H,15-16H2,1-4H3. The third-order valence-electron chi connectivity index (χ3n) is 6.55. The third kappa shape index (κ3) is 5.49. The number of anilines is 2. The van der Waals surface area contributed by atoms with Crippen LogP contribution in [0.1, 0.15) is 28.5 Å². The van der Waals surface area contributed by atoms with Crippen molar-refractivity contribution in [3.8, 4) is 22.6 Å². The van der Waals surface area contributed by atoms with Crippen molar-refractivity contribution >= 4 is 34.5 Å². The zero-order chi connectivity index (χ0) is 29.8. The van der Waals surface area contributed by atoms with Crippen LogP contribution in [0.4, 0.5) is 15.9 Å². The number of hydrogen-bond acceptors (Lipinski definition) is 9. The van der Waals surface area contributed by atoms with Crippen molar-refractivity contribution in [2.24, 2.45) is 0 Å². The lowest BCUT2D eigenvalue weighted by Gasteiger charge is -2.18. The number of ether oxygens (including phenoxy) is 3. The van der Waals surface area contributed by atoms with Gasteiger partial charge < -0.3 is 19.5 Å². The van der Waals surface area contributed by atoms with E-state index >= 15 is 4.39 Å². The maximum Gasteiger partial charge on any atom is 0.339 e. The first-order valence-corrected chi connectivity index (χ1v) is 13.1. The number of methoxy groups -OCH3 is 1. The lowest BCUT2D eigenvalue weighted by molar-refractivity contribution is -0.141. The normalized spacial score (nSPS) is 10.9. The Kier molecular flexibility index (Phi) is 8.09. The minimum atomic E-state index is -0.720. The minimum absolute atomic E-state index is 0.0261. The number of carbonyl (C=O) groups is 2. The number of esters is 2. The summed E-state index contributed by atoms with van der Waals surface area (Å²) in [6.07, 6.45) is 2.87. The summed E-state index contributed by atoms with van der Waals surface area (Å²) in [5.41, 5.74) is 4.19. The van der Waals surface area contributed by atoms with Crippen LogP contribution in [-0.2, 0) is 14.3 Å². The van der Waals surface area contributed by atoms with Gasteiger partial charge in [-0.2, -0.15) is 5.10 Å². The van der Waals surface area contributed by atoms with Crippen LogP contribution in [0.3, 0.4) is 0 Å². The fourth-order valence-electron chi connectivity index (χ4n) is 4.66. The number of fused-ring (bicyclic) bond motifs is 1. The van der Waals surface area contributed by atoms with Crippen molar-refractivity contribution < 1.29 is 28.2 Å². The van der Waals surface area contributed by atoms with E-state index in [1.54, 1.807) is 41.9 Å². The predicted octanol–water partition coefficient (Wildman–Crippen LogP) is 5.71. The Hall–Kier alpha value is -5.32. The summed E-state index contributed by atoms with van der Waals surface area (Å²) in [5, 5.41) is 8.20. The molecule has 0 saturated heterocycles. The highest BCUT2D eigenvalue weighted by Gasteiger charge is 2.27. The smallest absolute Gasteiger partial charge is 0.339 e. The van der Waals surface area contributed by atoms with Gasteiger partial charge in [-0.1, -0.05) is 30.3 Å². The Morgan fingerprint density at radius 3 is 2.50 bits per heavy atom. The van der Waals surface area contributed by atoms with E-state index in [1.807, 2.05) is 31.2 Å². The van der Waals surface area contributed by atoms with Crippen LogP contribution in [0.2, 0.25) is 0 Å². The molecule has 214 valence electrons. The van der Waals surface area contributed by atoms with E-state index in [9.17, 15) is 9.59 Å². The molecule has 5 aromatic rings. The number of para-hydroxylation sites is 2. The molecule has 10 nitrogen and oxygen atoms in total. The molecule has 0 spiro atoms. The zero-order valence-corrected chi connectivity index (χ0v) is 23.5. The highest BCUT2D eigenvalue weighted by molar-refractivity contribution is 5.98. The van der Waals surface area contributed by atoms with Crippen LogP contribution in [0.5, 0.6) is 5.75 Å². The van der Waals surface area contributed by atoms with Gasteiger partial charge in [0.05, 0.1) is 40.8 Å². The number of halogens is 1. The van der Waals surface area contributed by atoms with Crippen molar-refractivity contribution in [1.29, 1.82) is 0 Å². The lowest BCUT2D eigenvalue weighted by atomic mass is 10.0. The molecule has 0 aliphatic rings. The summed E-state index contributed by atoms with van der Waals surface area (Å²) in [6.45, 7) is 4.85. The Morgan fingerprint density at radius 2 is 1.74 bits per heavy atom. The van der Waals surface area contributed by atoms with Gasteiger partial charge in [0.15, 0.2) is 11.6 Å². The largest absolute Gasteiger partial charge is 0.486 e. The Bertz CT molecular complexity index is 1800. The van der Waals surface area contributed by atoms with Gasteiger partial charge in [-0.25, -0.2) is 18.9 Å².